The van der Waals surface area contributed by atoms with E-state index in [0.29, 0.717) is 23.1 Å². The summed E-state index contributed by atoms with van der Waals surface area (Å²) in [7, 11) is 0. The van der Waals surface area contributed by atoms with Crippen molar-refractivity contribution >= 4 is 29.1 Å². The number of nitrogens with zero attached hydrogens (tertiary/aromatic N) is 2. The zero-order valence-corrected chi connectivity index (χ0v) is 16.0. The van der Waals surface area contributed by atoms with Crippen LogP contribution in [-0.4, -0.2) is 33.4 Å². The van der Waals surface area contributed by atoms with Crippen molar-refractivity contribution in [3.63, 3.8) is 0 Å². The lowest BCUT2D eigenvalue weighted by Gasteiger charge is -2.28. The number of H-pyrrole nitrogens is 1. The van der Waals surface area contributed by atoms with Crippen molar-refractivity contribution in [2.45, 2.75) is 39.3 Å². The number of aromatic amines is 1. The van der Waals surface area contributed by atoms with E-state index in [4.69, 9.17) is 28.9 Å². The van der Waals surface area contributed by atoms with E-state index in [1.54, 1.807) is 23.4 Å². The first kappa shape index (κ1) is 19.8. The van der Waals surface area contributed by atoms with Gasteiger partial charge >= 0.3 is 0 Å². The van der Waals surface area contributed by atoms with Gasteiger partial charge in [-0.15, -0.1) is 0 Å². The van der Waals surface area contributed by atoms with Crippen molar-refractivity contribution in [2.75, 3.05) is 6.54 Å². The zero-order chi connectivity index (χ0) is 18.4. The molecule has 0 aliphatic rings. The monoisotopic (exact) mass is 382 g/mol. The molecule has 0 saturated carbocycles. The molecule has 1 amide bonds. The van der Waals surface area contributed by atoms with E-state index in [0.717, 1.165) is 24.2 Å². The van der Waals surface area contributed by atoms with Crippen LogP contribution in [0.25, 0.3) is 0 Å². The summed E-state index contributed by atoms with van der Waals surface area (Å²) in [4.78, 5) is 21.8. The lowest BCUT2D eigenvalue weighted by Crippen LogP contribution is -2.46. The average Bonchev–Trinajstić information content (AvgIpc) is 3.09. The van der Waals surface area contributed by atoms with Crippen LogP contribution in [0.15, 0.2) is 30.6 Å². The molecular weight excluding hydrogens is 359 g/mol. The fourth-order valence-corrected chi connectivity index (χ4v) is 2.89. The fraction of sp³-hybridized carbons (Fsp3) is 0.444. The maximum atomic E-state index is 12.8. The first-order valence-corrected chi connectivity index (χ1v) is 9.11. The molecule has 0 unspecified atom stereocenters. The second-order valence-electron chi connectivity index (χ2n) is 6.38. The quantitative estimate of drug-likeness (QED) is 0.731. The molecule has 0 bridgehead atoms. The van der Waals surface area contributed by atoms with E-state index < -0.39 is 6.04 Å². The van der Waals surface area contributed by atoms with E-state index in [1.807, 2.05) is 26.0 Å². The summed E-state index contributed by atoms with van der Waals surface area (Å²) >= 11 is 12.4. The van der Waals surface area contributed by atoms with Gasteiger partial charge in [-0.05, 0) is 24.0 Å². The third-order valence-corrected chi connectivity index (χ3v) is 4.96. The van der Waals surface area contributed by atoms with Gasteiger partial charge in [0.25, 0.3) is 0 Å². The van der Waals surface area contributed by atoms with Crippen LogP contribution in [0.5, 0.6) is 0 Å². The minimum Gasteiger partial charge on any atom is -0.349 e. The molecule has 3 N–H and O–H groups in total. The van der Waals surface area contributed by atoms with Crippen LogP contribution in [0.1, 0.15) is 31.7 Å². The van der Waals surface area contributed by atoms with Crippen LogP contribution in [-0.2, 0) is 17.8 Å². The molecule has 0 spiro atoms. The Morgan fingerprint density at radius 1 is 1.36 bits per heavy atom. The van der Waals surface area contributed by atoms with Crippen molar-refractivity contribution in [1.29, 1.82) is 0 Å². The highest BCUT2D eigenvalue weighted by molar-refractivity contribution is 6.42. The van der Waals surface area contributed by atoms with Crippen LogP contribution >= 0.6 is 23.2 Å². The van der Waals surface area contributed by atoms with Crippen LogP contribution in [0, 0.1) is 5.92 Å². The molecule has 0 aliphatic heterocycles. The maximum absolute atomic E-state index is 12.8. The average molecular weight is 383 g/mol. The van der Waals surface area contributed by atoms with Crippen molar-refractivity contribution in [1.82, 2.24) is 14.9 Å². The van der Waals surface area contributed by atoms with Gasteiger partial charge in [0.05, 0.1) is 16.1 Å². The highest BCUT2D eigenvalue weighted by atomic mass is 35.5. The topological polar surface area (TPSA) is 75.0 Å². The smallest absolute Gasteiger partial charge is 0.240 e. The SMILES string of the molecule is CC(C)[C@H](N)C(=O)N(CCCc1ncc[nH]1)Cc1cccc(Cl)c1Cl. The molecule has 2 aromatic rings. The Balaban J connectivity index is 2.10. The number of nitrogens with one attached hydrogen (secondary N) is 1. The molecule has 1 aromatic heterocycles. The number of nitrogens with two attached hydrogens (primary N) is 1. The molecule has 25 heavy (non-hydrogen) atoms. The number of aryl methyl sites for hydroxylation is 1. The molecule has 1 aromatic carbocycles. The predicted molar refractivity (Wildman–Crippen MR) is 102 cm³/mol. The molecule has 1 heterocycles. The van der Waals surface area contributed by atoms with Crippen molar-refractivity contribution in [3.05, 3.63) is 52.0 Å². The molecule has 136 valence electrons. The summed E-state index contributed by atoms with van der Waals surface area (Å²) in [5.41, 5.74) is 6.90. The molecule has 0 aliphatic carbocycles. The molecular formula is C18H24Cl2N4O. The summed E-state index contributed by atoms with van der Waals surface area (Å²) in [5.74, 6) is 0.890. The highest BCUT2D eigenvalue weighted by Gasteiger charge is 2.24. The minimum atomic E-state index is -0.540. The largest absolute Gasteiger partial charge is 0.349 e. The van der Waals surface area contributed by atoms with Crippen LogP contribution < -0.4 is 5.73 Å². The second kappa shape index (κ2) is 9.22. The van der Waals surface area contributed by atoms with Gasteiger partial charge in [-0.25, -0.2) is 4.98 Å². The van der Waals surface area contributed by atoms with Gasteiger partial charge in [0.2, 0.25) is 5.91 Å². The number of amides is 1. The van der Waals surface area contributed by atoms with E-state index in [-0.39, 0.29) is 11.8 Å². The maximum Gasteiger partial charge on any atom is 0.240 e. The van der Waals surface area contributed by atoms with Crippen molar-refractivity contribution in [2.24, 2.45) is 11.7 Å². The Kier molecular flexibility index (Phi) is 7.29. The summed E-state index contributed by atoms with van der Waals surface area (Å²) in [6, 6.07) is 4.90. The molecule has 2 rings (SSSR count). The van der Waals surface area contributed by atoms with Gasteiger partial charge in [0.15, 0.2) is 0 Å². The Bertz CT molecular complexity index is 688. The summed E-state index contributed by atoms with van der Waals surface area (Å²) in [5, 5.41) is 0.960. The predicted octanol–water partition coefficient (Wildman–Crippen LogP) is 3.66. The van der Waals surface area contributed by atoms with E-state index >= 15 is 0 Å². The number of benzene rings is 1. The van der Waals surface area contributed by atoms with Gasteiger partial charge in [0, 0.05) is 31.9 Å². The van der Waals surface area contributed by atoms with Crippen LogP contribution in [0.4, 0.5) is 0 Å². The first-order chi connectivity index (χ1) is 11.9. The number of imidazole rings is 1. The van der Waals surface area contributed by atoms with Gasteiger partial charge in [-0.3, -0.25) is 4.79 Å². The Morgan fingerprint density at radius 2 is 2.12 bits per heavy atom. The highest BCUT2D eigenvalue weighted by Crippen LogP contribution is 2.27. The fourth-order valence-electron chi connectivity index (χ4n) is 2.51. The number of hydrogen-bond donors (Lipinski definition) is 2. The molecule has 5 nitrogen and oxygen atoms in total. The van der Waals surface area contributed by atoms with Gasteiger partial charge < -0.3 is 15.6 Å². The normalized spacial score (nSPS) is 12.4. The Hall–Kier alpha value is -1.56. The van der Waals surface area contributed by atoms with Crippen molar-refractivity contribution < 1.29 is 4.79 Å². The number of rotatable bonds is 8. The number of carbonyl (C=O) groups is 1. The lowest BCUT2D eigenvalue weighted by molar-refractivity contribution is -0.134. The molecule has 1 atom stereocenters. The number of aromatic nitrogens is 2. The Labute approximate surface area is 158 Å². The van der Waals surface area contributed by atoms with E-state index in [2.05, 4.69) is 9.97 Å². The lowest BCUT2D eigenvalue weighted by atomic mass is 10.0. The zero-order valence-electron chi connectivity index (χ0n) is 14.5. The van der Waals surface area contributed by atoms with Crippen LogP contribution in [0.2, 0.25) is 10.0 Å². The Morgan fingerprint density at radius 3 is 2.76 bits per heavy atom. The first-order valence-electron chi connectivity index (χ1n) is 8.35. The standard InChI is InChI=1S/C18H24Cl2N4O/c1-12(2)17(21)18(25)24(10-4-7-15-22-8-9-23-15)11-13-5-3-6-14(19)16(13)20/h3,5-6,8-9,12,17H,4,7,10-11,21H2,1-2H3,(H,22,23)/t17-/m0/s1. The number of halogens is 2. The number of carbonyl (C=O) groups excluding carboxylic acids is 1. The molecule has 0 fully saturated rings. The number of hydrogen-bond acceptors (Lipinski definition) is 3. The van der Waals surface area contributed by atoms with E-state index in [1.165, 1.54) is 0 Å². The van der Waals surface area contributed by atoms with E-state index in [9.17, 15) is 4.79 Å². The second-order valence-corrected chi connectivity index (χ2v) is 7.17. The van der Waals surface area contributed by atoms with Crippen LogP contribution in [0.3, 0.4) is 0 Å². The minimum absolute atomic E-state index is 0.0647. The third-order valence-electron chi connectivity index (χ3n) is 4.10. The molecule has 7 heteroatoms. The van der Waals surface area contributed by atoms with Gasteiger partial charge in [-0.2, -0.15) is 0 Å². The summed E-state index contributed by atoms with van der Waals surface area (Å²) in [6.45, 7) is 4.84. The van der Waals surface area contributed by atoms with Crippen molar-refractivity contribution in [3.8, 4) is 0 Å². The summed E-state index contributed by atoms with van der Waals surface area (Å²) < 4.78 is 0. The van der Waals surface area contributed by atoms with Gasteiger partial charge in [-0.1, -0.05) is 49.2 Å². The summed E-state index contributed by atoms with van der Waals surface area (Å²) in [6.07, 6.45) is 5.05. The molecule has 0 radical (unpaired) electrons. The van der Waals surface area contributed by atoms with Gasteiger partial charge in [0.1, 0.15) is 5.82 Å². The third kappa shape index (κ3) is 5.46. The molecule has 0 saturated heterocycles.